The summed E-state index contributed by atoms with van der Waals surface area (Å²) in [6, 6.07) is 0. The molecule has 20 heavy (non-hydrogen) atoms. The highest BCUT2D eigenvalue weighted by atomic mass is 15.3. The quantitative estimate of drug-likeness (QED) is 0.405. The predicted molar refractivity (Wildman–Crippen MR) is 88.4 cm³/mol. The van der Waals surface area contributed by atoms with Gasteiger partial charge in [0.15, 0.2) is 11.7 Å². The van der Waals surface area contributed by atoms with Crippen LogP contribution in [-0.2, 0) is 0 Å². The van der Waals surface area contributed by atoms with Crippen molar-refractivity contribution in [2.45, 2.75) is 53.4 Å². The van der Waals surface area contributed by atoms with E-state index in [0.29, 0.717) is 11.8 Å². The Kier molecular flexibility index (Phi) is 10.2. The van der Waals surface area contributed by atoms with Crippen LogP contribution in [0, 0.1) is 11.8 Å². The summed E-state index contributed by atoms with van der Waals surface area (Å²) in [5.41, 5.74) is 11.3. The molecular formula is C14H28N6. The molecule has 0 amide bonds. The molecule has 0 fully saturated rings. The highest BCUT2D eigenvalue weighted by molar-refractivity contribution is 6.39. The lowest BCUT2D eigenvalue weighted by molar-refractivity contribution is 0.653. The minimum Gasteiger partial charge on any atom is -0.379 e. The molecule has 0 aromatic heterocycles. The third-order valence-corrected chi connectivity index (χ3v) is 3.25. The second-order valence-electron chi connectivity index (χ2n) is 4.65. The Bertz CT molecular complexity index is 326. The van der Waals surface area contributed by atoms with Crippen molar-refractivity contribution in [2.75, 3.05) is 0 Å². The first-order valence-corrected chi connectivity index (χ1v) is 7.32. The summed E-state index contributed by atoms with van der Waals surface area (Å²) in [7, 11) is 0. The first-order valence-electron chi connectivity index (χ1n) is 7.32. The fourth-order valence-electron chi connectivity index (χ4n) is 1.48. The summed E-state index contributed by atoms with van der Waals surface area (Å²) in [4.78, 5) is 0. The molecule has 0 radical (unpaired) electrons. The lowest BCUT2D eigenvalue weighted by Crippen LogP contribution is -2.30. The smallest absolute Gasteiger partial charge is 0.190 e. The zero-order valence-electron chi connectivity index (χ0n) is 13.1. The van der Waals surface area contributed by atoms with Crippen LogP contribution in [0.15, 0.2) is 20.4 Å². The molecule has 6 heteroatoms. The maximum atomic E-state index is 5.67. The van der Waals surface area contributed by atoms with Crippen LogP contribution in [0.5, 0.6) is 0 Å². The topological polar surface area (TPSA) is 101 Å². The third-order valence-electron chi connectivity index (χ3n) is 3.25. The molecule has 0 aromatic carbocycles. The van der Waals surface area contributed by atoms with Gasteiger partial charge in [0.05, 0.1) is 0 Å². The standard InChI is InChI=1S/C14H28N6/c1-5-11(6-2)9-17-19-13(15)14(16)20-18-10-12(7-3)8-4/h9-12H,5-8H2,1-4H3,(H2,15,19)(H2,16,20)/b17-9-,18-10+. The van der Waals surface area contributed by atoms with Crippen LogP contribution >= 0.6 is 0 Å². The highest BCUT2D eigenvalue weighted by Crippen LogP contribution is 2.04. The highest BCUT2D eigenvalue weighted by Gasteiger charge is 2.01. The number of hydrogen-bond acceptors (Lipinski definition) is 4. The van der Waals surface area contributed by atoms with Gasteiger partial charge in [0.25, 0.3) is 0 Å². The van der Waals surface area contributed by atoms with Gasteiger partial charge in [-0.3, -0.25) is 0 Å². The molecule has 114 valence electrons. The van der Waals surface area contributed by atoms with Crippen LogP contribution in [-0.4, -0.2) is 24.1 Å². The molecule has 0 aliphatic carbocycles. The maximum Gasteiger partial charge on any atom is 0.190 e. The summed E-state index contributed by atoms with van der Waals surface area (Å²) in [6.45, 7) is 8.43. The molecule has 0 aromatic rings. The van der Waals surface area contributed by atoms with Crippen molar-refractivity contribution in [1.82, 2.24) is 0 Å². The predicted octanol–water partition coefficient (Wildman–Crippen LogP) is 2.54. The second kappa shape index (κ2) is 11.1. The Morgan fingerprint density at radius 1 is 0.750 bits per heavy atom. The first-order chi connectivity index (χ1) is 9.58. The minimum absolute atomic E-state index is 0.0916. The van der Waals surface area contributed by atoms with Crippen LogP contribution in [0.2, 0.25) is 0 Å². The Hall–Kier alpha value is -1.72. The molecule has 0 bridgehead atoms. The van der Waals surface area contributed by atoms with Gasteiger partial charge < -0.3 is 11.5 Å². The third kappa shape index (κ3) is 7.66. The molecule has 0 saturated heterocycles. The van der Waals surface area contributed by atoms with Gasteiger partial charge in [-0.25, -0.2) is 0 Å². The van der Waals surface area contributed by atoms with Gasteiger partial charge in [-0.05, 0) is 37.5 Å². The van der Waals surface area contributed by atoms with Crippen LogP contribution < -0.4 is 11.5 Å². The molecule has 0 aliphatic heterocycles. The molecule has 0 atom stereocenters. The Morgan fingerprint density at radius 2 is 1.05 bits per heavy atom. The van der Waals surface area contributed by atoms with E-state index in [-0.39, 0.29) is 11.7 Å². The molecular weight excluding hydrogens is 252 g/mol. The van der Waals surface area contributed by atoms with Gasteiger partial charge in [-0.2, -0.15) is 10.2 Å². The van der Waals surface area contributed by atoms with E-state index in [0.717, 1.165) is 25.7 Å². The summed E-state index contributed by atoms with van der Waals surface area (Å²) in [6.07, 6.45) is 7.68. The zero-order chi connectivity index (χ0) is 15.4. The van der Waals surface area contributed by atoms with Crippen molar-refractivity contribution in [1.29, 1.82) is 0 Å². The summed E-state index contributed by atoms with van der Waals surface area (Å²) >= 11 is 0. The number of nitrogens with zero attached hydrogens (tertiary/aromatic N) is 4. The summed E-state index contributed by atoms with van der Waals surface area (Å²) in [5.74, 6) is 1.01. The Balaban J connectivity index is 4.56. The lowest BCUT2D eigenvalue weighted by Gasteiger charge is -2.02. The van der Waals surface area contributed by atoms with E-state index >= 15 is 0 Å². The van der Waals surface area contributed by atoms with Gasteiger partial charge in [-0.15, -0.1) is 10.2 Å². The fraction of sp³-hybridized carbons (Fsp3) is 0.714. The Morgan fingerprint density at radius 3 is 1.30 bits per heavy atom. The molecule has 0 spiro atoms. The van der Waals surface area contributed by atoms with Crippen molar-refractivity contribution >= 4 is 24.1 Å². The SMILES string of the molecule is CCC(/C=N\N=C(N)C(N)=N/N=C/C(CC)CC)CC. The average molecular weight is 280 g/mol. The summed E-state index contributed by atoms with van der Waals surface area (Å²) < 4.78 is 0. The Labute approximate surface area is 122 Å². The maximum absolute atomic E-state index is 5.67. The second-order valence-corrected chi connectivity index (χ2v) is 4.65. The minimum atomic E-state index is 0.0916. The van der Waals surface area contributed by atoms with E-state index in [4.69, 9.17) is 11.5 Å². The van der Waals surface area contributed by atoms with E-state index in [1.165, 1.54) is 0 Å². The molecule has 0 saturated carbocycles. The monoisotopic (exact) mass is 280 g/mol. The van der Waals surface area contributed by atoms with Crippen molar-refractivity contribution < 1.29 is 0 Å². The molecule has 0 rings (SSSR count). The van der Waals surface area contributed by atoms with Gasteiger partial charge in [0.2, 0.25) is 0 Å². The molecule has 0 heterocycles. The number of nitrogens with two attached hydrogens (primary N) is 2. The van der Waals surface area contributed by atoms with Gasteiger partial charge in [0, 0.05) is 12.4 Å². The lowest BCUT2D eigenvalue weighted by atomic mass is 10.1. The number of amidine groups is 2. The van der Waals surface area contributed by atoms with E-state index in [2.05, 4.69) is 48.1 Å². The van der Waals surface area contributed by atoms with Crippen molar-refractivity contribution in [3.63, 3.8) is 0 Å². The normalized spacial score (nSPS) is 14.3. The van der Waals surface area contributed by atoms with Gasteiger partial charge in [-0.1, -0.05) is 27.7 Å². The molecule has 0 unspecified atom stereocenters. The largest absolute Gasteiger partial charge is 0.379 e. The van der Waals surface area contributed by atoms with E-state index in [1.807, 2.05) is 0 Å². The molecule has 6 nitrogen and oxygen atoms in total. The van der Waals surface area contributed by atoms with Crippen molar-refractivity contribution in [3.05, 3.63) is 0 Å². The number of hydrogen-bond donors (Lipinski definition) is 2. The van der Waals surface area contributed by atoms with Crippen molar-refractivity contribution in [2.24, 2.45) is 43.7 Å². The van der Waals surface area contributed by atoms with Crippen LogP contribution in [0.4, 0.5) is 0 Å². The zero-order valence-corrected chi connectivity index (χ0v) is 13.1. The fourth-order valence-corrected chi connectivity index (χ4v) is 1.48. The molecule has 0 aliphatic rings. The van der Waals surface area contributed by atoms with E-state index < -0.39 is 0 Å². The van der Waals surface area contributed by atoms with Crippen LogP contribution in [0.3, 0.4) is 0 Å². The average Bonchev–Trinajstić information content (AvgIpc) is 2.47. The number of rotatable bonds is 8. The van der Waals surface area contributed by atoms with Gasteiger partial charge in [0.1, 0.15) is 0 Å². The van der Waals surface area contributed by atoms with Crippen LogP contribution in [0.1, 0.15) is 53.4 Å². The summed E-state index contributed by atoms with van der Waals surface area (Å²) in [5, 5.41) is 15.5. The van der Waals surface area contributed by atoms with Gasteiger partial charge >= 0.3 is 0 Å². The first kappa shape index (κ1) is 18.3. The van der Waals surface area contributed by atoms with Crippen LogP contribution in [0.25, 0.3) is 0 Å². The van der Waals surface area contributed by atoms with E-state index in [1.54, 1.807) is 12.4 Å². The molecule has 4 N–H and O–H groups in total. The van der Waals surface area contributed by atoms with E-state index in [9.17, 15) is 0 Å². The van der Waals surface area contributed by atoms with Crippen molar-refractivity contribution in [3.8, 4) is 0 Å².